The molecule has 27 heavy (non-hydrogen) atoms. The van der Waals surface area contributed by atoms with Crippen molar-refractivity contribution >= 4 is 0 Å². The standard InChI is InChI=1S/C22H30N2O3/c1-5-24-16(3)13-19(25)20(22(24)26)21(23-11-9-15(2)10-12-23)17-7-6-8-18(14-17)27-4/h6-8,13-15,21,25H,5,9-12H2,1-4H3. The lowest BCUT2D eigenvalue weighted by molar-refractivity contribution is 0.154. The highest BCUT2D eigenvalue weighted by Crippen LogP contribution is 2.36. The van der Waals surface area contributed by atoms with Crippen LogP contribution in [0.2, 0.25) is 0 Å². The second-order valence-electron chi connectivity index (χ2n) is 7.53. The van der Waals surface area contributed by atoms with Gasteiger partial charge in [-0.15, -0.1) is 0 Å². The van der Waals surface area contributed by atoms with Gasteiger partial charge in [0, 0.05) is 12.2 Å². The molecule has 1 fully saturated rings. The fourth-order valence-corrected chi connectivity index (χ4v) is 4.08. The molecule has 3 rings (SSSR count). The van der Waals surface area contributed by atoms with Gasteiger partial charge < -0.3 is 14.4 Å². The quantitative estimate of drug-likeness (QED) is 0.872. The van der Waals surface area contributed by atoms with Crippen molar-refractivity contribution in [3.05, 3.63) is 57.5 Å². The Morgan fingerprint density at radius 2 is 1.96 bits per heavy atom. The Labute approximate surface area is 161 Å². The zero-order chi connectivity index (χ0) is 19.6. The predicted octanol–water partition coefficient (Wildman–Crippen LogP) is 3.71. The molecule has 5 nitrogen and oxygen atoms in total. The maximum atomic E-state index is 13.3. The van der Waals surface area contributed by atoms with E-state index < -0.39 is 0 Å². The summed E-state index contributed by atoms with van der Waals surface area (Å²) in [5, 5.41) is 10.8. The lowest BCUT2D eigenvalue weighted by atomic mass is 9.92. The van der Waals surface area contributed by atoms with Crippen molar-refractivity contribution in [3.63, 3.8) is 0 Å². The van der Waals surface area contributed by atoms with Crippen molar-refractivity contribution in [2.75, 3.05) is 20.2 Å². The van der Waals surface area contributed by atoms with Gasteiger partial charge in [0.2, 0.25) is 0 Å². The lowest BCUT2D eigenvalue weighted by Crippen LogP contribution is -2.40. The number of likely N-dealkylation sites (tertiary alicyclic amines) is 1. The fraction of sp³-hybridized carbons (Fsp3) is 0.500. The molecule has 1 saturated heterocycles. The van der Waals surface area contributed by atoms with Gasteiger partial charge in [0.15, 0.2) is 0 Å². The van der Waals surface area contributed by atoms with Gasteiger partial charge in [-0.1, -0.05) is 19.1 Å². The van der Waals surface area contributed by atoms with Gasteiger partial charge in [-0.25, -0.2) is 0 Å². The molecule has 1 aromatic heterocycles. The molecule has 1 N–H and O–H groups in total. The van der Waals surface area contributed by atoms with Gasteiger partial charge >= 0.3 is 0 Å². The second kappa shape index (κ2) is 8.17. The highest BCUT2D eigenvalue weighted by molar-refractivity contribution is 5.43. The molecule has 146 valence electrons. The zero-order valence-electron chi connectivity index (χ0n) is 16.7. The molecule has 0 spiro atoms. The van der Waals surface area contributed by atoms with E-state index >= 15 is 0 Å². The third kappa shape index (κ3) is 3.88. The van der Waals surface area contributed by atoms with Crippen LogP contribution in [0.1, 0.15) is 49.6 Å². The summed E-state index contributed by atoms with van der Waals surface area (Å²) in [6, 6.07) is 9.26. The largest absolute Gasteiger partial charge is 0.507 e. The van der Waals surface area contributed by atoms with Crippen LogP contribution in [0.25, 0.3) is 0 Å². The van der Waals surface area contributed by atoms with Gasteiger partial charge in [-0.2, -0.15) is 0 Å². The van der Waals surface area contributed by atoms with Gasteiger partial charge in [-0.3, -0.25) is 9.69 Å². The zero-order valence-corrected chi connectivity index (χ0v) is 16.7. The minimum atomic E-state index is -0.279. The van der Waals surface area contributed by atoms with E-state index in [-0.39, 0.29) is 17.4 Å². The van der Waals surface area contributed by atoms with Crippen molar-refractivity contribution < 1.29 is 9.84 Å². The number of aromatic nitrogens is 1. The molecule has 0 amide bonds. The van der Waals surface area contributed by atoms with Crippen LogP contribution in [0, 0.1) is 12.8 Å². The van der Waals surface area contributed by atoms with E-state index in [1.54, 1.807) is 17.7 Å². The first kappa shape index (κ1) is 19.5. The van der Waals surface area contributed by atoms with Crippen LogP contribution in [-0.2, 0) is 6.54 Å². The van der Waals surface area contributed by atoms with Gasteiger partial charge in [0.05, 0.1) is 18.7 Å². The average Bonchev–Trinajstić information content (AvgIpc) is 2.66. The summed E-state index contributed by atoms with van der Waals surface area (Å²) in [7, 11) is 1.64. The molecule has 5 heteroatoms. The highest BCUT2D eigenvalue weighted by Gasteiger charge is 2.31. The first-order chi connectivity index (χ1) is 13.0. The second-order valence-corrected chi connectivity index (χ2v) is 7.53. The molecule has 2 heterocycles. The van der Waals surface area contributed by atoms with Crippen LogP contribution in [-0.4, -0.2) is 34.8 Å². The molecule has 2 aromatic rings. The van der Waals surface area contributed by atoms with Crippen LogP contribution in [0.15, 0.2) is 35.1 Å². The van der Waals surface area contributed by atoms with E-state index in [0.717, 1.165) is 42.9 Å². The van der Waals surface area contributed by atoms with Crippen molar-refractivity contribution in [1.29, 1.82) is 0 Å². The molecule has 0 saturated carbocycles. The molecule has 1 unspecified atom stereocenters. The summed E-state index contributed by atoms with van der Waals surface area (Å²) in [4.78, 5) is 15.6. The number of pyridine rings is 1. The minimum Gasteiger partial charge on any atom is -0.507 e. The molecular weight excluding hydrogens is 340 g/mol. The number of hydrogen-bond donors (Lipinski definition) is 1. The summed E-state index contributed by atoms with van der Waals surface area (Å²) in [5.41, 5.74) is 2.11. The van der Waals surface area contributed by atoms with Gasteiger partial charge in [0.1, 0.15) is 11.5 Å². The van der Waals surface area contributed by atoms with Gasteiger partial charge in [-0.05, 0) is 69.5 Å². The Morgan fingerprint density at radius 1 is 1.26 bits per heavy atom. The number of piperidine rings is 1. The normalized spacial score (nSPS) is 17.0. The number of aryl methyl sites for hydroxylation is 1. The fourth-order valence-electron chi connectivity index (χ4n) is 4.08. The van der Waals surface area contributed by atoms with E-state index in [1.165, 1.54) is 0 Å². The van der Waals surface area contributed by atoms with Crippen molar-refractivity contribution in [2.45, 2.75) is 46.2 Å². The van der Waals surface area contributed by atoms with Crippen molar-refractivity contribution in [1.82, 2.24) is 9.47 Å². The Morgan fingerprint density at radius 3 is 2.59 bits per heavy atom. The molecular formula is C22H30N2O3. The predicted molar refractivity (Wildman–Crippen MR) is 108 cm³/mol. The molecule has 0 aliphatic carbocycles. The van der Waals surface area contributed by atoms with Crippen molar-refractivity contribution in [3.8, 4) is 11.5 Å². The molecule has 1 aromatic carbocycles. The van der Waals surface area contributed by atoms with Crippen LogP contribution in [0.4, 0.5) is 0 Å². The summed E-state index contributed by atoms with van der Waals surface area (Å²) < 4.78 is 7.14. The number of hydrogen-bond acceptors (Lipinski definition) is 4. The van der Waals surface area contributed by atoms with E-state index in [9.17, 15) is 9.90 Å². The van der Waals surface area contributed by atoms with Crippen LogP contribution in [0.3, 0.4) is 0 Å². The number of aromatic hydroxyl groups is 1. The summed E-state index contributed by atoms with van der Waals surface area (Å²) >= 11 is 0. The van der Waals surface area contributed by atoms with E-state index in [2.05, 4.69) is 11.8 Å². The number of nitrogens with zero attached hydrogens (tertiary/aromatic N) is 2. The molecule has 1 aliphatic heterocycles. The molecule has 1 aliphatic rings. The van der Waals surface area contributed by atoms with E-state index in [0.29, 0.717) is 18.0 Å². The van der Waals surface area contributed by atoms with Gasteiger partial charge in [0.25, 0.3) is 5.56 Å². The van der Waals surface area contributed by atoms with Crippen LogP contribution >= 0.6 is 0 Å². The monoisotopic (exact) mass is 370 g/mol. The first-order valence-corrected chi connectivity index (χ1v) is 9.77. The average molecular weight is 370 g/mol. The maximum absolute atomic E-state index is 13.3. The summed E-state index contributed by atoms with van der Waals surface area (Å²) in [5.74, 6) is 1.52. The van der Waals surface area contributed by atoms with Crippen LogP contribution < -0.4 is 10.3 Å². The molecule has 0 radical (unpaired) electrons. The summed E-state index contributed by atoms with van der Waals surface area (Å²) in [6.45, 7) is 8.48. The summed E-state index contributed by atoms with van der Waals surface area (Å²) in [6.07, 6.45) is 2.18. The molecule has 0 bridgehead atoms. The molecule has 1 atom stereocenters. The maximum Gasteiger partial charge on any atom is 0.259 e. The van der Waals surface area contributed by atoms with Crippen molar-refractivity contribution in [2.24, 2.45) is 5.92 Å². The van der Waals surface area contributed by atoms with E-state index in [1.807, 2.05) is 38.1 Å². The van der Waals surface area contributed by atoms with Crippen LogP contribution in [0.5, 0.6) is 11.5 Å². The first-order valence-electron chi connectivity index (χ1n) is 9.77. The Balaban J connectivity index is 2.17. The smallest absolute Gasteiger partial charge is 0.259 e. The number of methoxy groups -OCH3 is 1. The SMILES string of the molecule is CCn1c(C)cc(O)c(C(c2cccc(OC)c2)N2CCC(C)CC2)c1=O. The number of benzene rings is 1. The van der Waals surface area contributed by atoms with E-state index in [4.69, 9.17) is 4.74 Å². The Hall–Kier alpha value is -2.27. The Bertz CT molecular complexity index is 851. The third-order valence-corrected chi connectivity index (χ3v) is 5.71. The highest BCUT2D eigenvalue weighted by atomic mass is 16.5. The number of rotatable bonds is 5. The number of ether oxygens (including phenoxy) is 1. The Kier molecular flexibility index (Phi) is 5.90. The minimum absolute atomic E-state index is 0.0774. The lowest BCUT2D eigenvalue weighted by Gasteiger charge is -2.37. The third-order valence-electron chi connectivity index (χ3n) is 5.71. The topological polar surface area (TPSA) is 54.7 Å².